The van der Waals surface area contributed by atoms with Crippen molar-refractivity contribution in [2.75, 3.05) is 0 Å². The second-order valence-electron chi connectivity index (χ2n) is 3.93. The highest BCUT2D eigenvalue weighted by molar-refractivity contribution is 7.18. The molecule has 0 saturated heterocycles. The van der Waals surface area contributed by atoms with Crippen LogP contribution in [-0.2, 0) is 6.42 Å². The van der Waals surface area contributed by atoms with Crippen LogP contribution in [0.15, 0.2) is 18.2 Å². The van der Waals surface area contributed by atoms with Crippen LogP contribution in [0.5, 0.6) is 0 Å². The summed E-state index contributed by atoms with van der Waals surface area (Å²) in [7, 11) is 0. The molecule has 1 heterocycles. The SMILES string of the molecule is N#CCc1cccc2sc(C3CC3)nc12. The van der Waals surface area contributed by atoms with Gasteiger partial charge in [0, 0.05) is 5.92 Å². The summed E-state index contributed by atoms with van der Waals surface area (Å²) in [4.78, 5) is 4.66. The van der Waals surface area contributed by atoms with Crippen LogP contribution in [0.4, 0.5) is 0 Å². The van der Waals surface area contributed by atoms with E-state index >= 15 is 0 Å². The van der Waals surface area contributed by atoms with Crippen molar-refractivity contribution < 1.29 is 0 Å². The Hall–Kier alpha value is -1.40. The number of rotatable bonds is 2. The quantitative estimate of drug-likeness (QED) is 0.769. The van der Waals surface area contributed by atoms with Gasteiger partial charge in [-0.3, -0.25) is 0 Å². The molecule has 3 heteroatoms. The van der Waals surface area contributed by atoms with E-state index in [4.69, 9.17) is 5.26 Å². The molecule has 1 aliphatic rings. The van der Waals surface area contributed by atoms with E-state index in [-0.39, 0.29) is 0 Å². The monoisotopic (exact) mass is 214 g/mol. The Labute approximate surface area is 92.2 Å². The molecule has 1 saturated carbocycles. The Morgan fingerprint density at radius 3 is 3.07 bits per heavy atom. The molecule has 74 valence electrons. The molecule has 15 heavy (non-hydrogen) atoms. The van der Waals surface area contributed by atoms with Gasteiger partial charge in [-0.25, -0.2) is 4.98 Å². The number of hydrogen-bond acceptors (Lipinski definition) is 3. The molecule has 0 bridgehead atoms. The van der Waals surface area contributed by atoms with Gasteiger partial charge in [0.1, 0.15) is 0 Å². The first-order chi connectivity index (χ1) is 7.38. The number of thiazole rings is 1. The number of aromatic nitrogens is 1. The number of benzene rings is 1. The van der Waals surface area contributed by atoms with Gasteiger partial charge in [0.2, 0.25) is 0 Å². The number of nitriles is 1. The Kier molecular flexibility index (Phi) is 1.96. The average molecular weight is 214 g/mol. The topological polar surface area (TPSA) is 36.7 Å². The molecule has 0 spiro atoms. The van der Waals surface area contributed by atoms with Crippen LogP contribution in [0.3, 0.4) is 0 Å². The summed E-state index contributed by atoms with van der Waals surface area (Å²) in [5.74, 6) is 0.706. The minimum absolute atomic E-state index is 0.463. The number of nitrogens with zero attached hydrogens (tertiary/aromatic N) is 2. The van der Waals surface area contributed by atoms with E-state index in [0.717, 1.165) is 11.1 Å². The Morgan fingerprint density at radius 2 is 2.33 bits per heavy atom. The van der Waals surface area contributed by atoms with Crippen LogP contribution >= 0.6 is 11.3 Å². The van der Waals surface area contributed by atoms with Gasteiger partial charge in [-0.05, 0) is 24.5 Å². The van der Waals surface area contributed by atoms with Crippen LogP contribution in [0.25, 0.3) is 10.2 Å². The van der Waals surface area contributed by atoms with Crippen molar-refractivity contribution in [3.63, 3.8) is 0 Å². The summed E-state index contributed by atoms with van der Waals surface area (Å²) >= 11 is 1.79. The molecule has 0 unspecified atom stereocenters. The molecule has 2 aromatic rings. The van der Waals surface area contributed by atoms with Crippen molar-refractivity contribution in [3.05, 3.63) is 28.8 Å². The van der Waals surface area contributed by atoms with E-state index < -0.39 is 0 Å². The Morgan fingerprint density at radius 1 is 1.47 bits per heavy atom. The Bertz CT molecular complexity index is 546. The first kappa shape index (κ1) is 8.87. The molecule has 2 nitrogen and oxygen atoms in total. The lowest BCUT2D eigenvalue weighted by Crippen LogP contribution is -1.84. The molecular formula is C12H10N2S. The smallest absolute Gasteiger partial charge is 0.0969 e. The summed E-state index contributed by atoms with van der Waals surface area (Å²) < 4.78 is 1.23. The highest BCUT2D eigenvalue weighted by atomic mass is 32.1. The minimum atomic E-state index is 0.463. The predicted molar refractivity (Wildman–Crippen MR) is 60.9 cm³/mol. The third-order valence-corrected chi connectivity index (χ3v) is 3.90. The van der Waals surface area contributed by atoms with Crippen LogP contribution in [0, 0.1) is 11.3 Å². The zero-order valence-corrected chi connectivity index (χ0v) is 9.05. The lowest BCUT2D eigenvalue weighted by molar-refractivity contribution is 1.09. The molecule has 1 aromatic heterocycles. The zero-order chi connectivity index (χ0) is 10.3. The fourth-order valence-electron chi connectivity index (χ4n) is 1.76. The Balaban J connectivity index is 2.16. The summed E-state index contributed by atoms with van der Waals surface area (Å²) in [6.45, 7) is 0. The van der Waals surface area contributed by atoms with E-state index in [0.29, 0.717) is 12.3 Å². The van der Waals surface area contributed by atoms with Gasteiger partial charge >= 0.3 is 0 Å². The van der Waals surface area contributed by atoms with E-state index in [1.54, 1.807) is 11.3 Å². The van der Waals surface area contributed by atoms with Crippen molar-refractivity contribution in [3.8, 4) is 6.07 Å². The van der Waals surface area contributed by atoms with Gasteiger partial charge < -0.3 is 0 Å². The molecule has 0 aliphatic heterocycles. The molecular weight excluding hydrogens is 204 g/mol. The molecule has 0 amide bonds. The molecule has 0 radical (unpaired) electrons. The maximum atomic E-state index is 8.73. The summed E-state index contributed by atoms with van der Waals surface area (Å²) in [5, 5.41) is 9.99. The fourth-order valence-corrected chi connectivity index (χ4v) is 2.94. The predicted octanol–water partition coefficient (Wildman–Crippen LogP) is 3.24. The maximum Gasteiger partial charge on any atom is 0.0969 e. The van der Waals surface area contributed by atoms with E-state index in [2.05, 4.69) is 17.1 Å². The summed E-state index contributed by atoms with van der Waals surface area (Å²) in [6, 6.07) is 8.31. The van der Waals surface area contributed by atoms with Crippen LogP contribution in [0.1, 0.15) is 29.3 Å². The molecule has 0 N–H and O–H groups in total. The highest BCUT2D eigenvalue weighted by Gasteiger charge is 2.27. The van der Waals surface area contributed by atoms with Crippen molar-refractivity contribution in [1.29, 1.82) is 5.26 Å². The van der Waals surface area contributed by atoms with Crippen molar-refractivity contribution in [1.82, 2.24) is 4.98 Å². The summed E-state index contributed by atoms with van der Waals surface area (Å²) in [5.41, 5.74) is 2.11. The third-order valence-electron chi connectivity index (χ3n) is 2.72. The van der Waals surface area contributed by atoms with Gasteiger partial charge in [-0.1, -0.05) is 12.1 Å². The highest BCUT2D eigenvalue weighted by Crippen LogP contribution is 2.43. The third kappa shape index (κ3) is 1.51. The minimum Gasteiger partial charge on any atom is -0.241 e. The van der Waals surface area contributed by atoms with E-state index in [1.165, 1.54) is 22.5 Å². The van der Waals surface area contributed by atoms with Gasteiger partial charge in [-0.2, -0.15) is 5.26 Å². The van der Waals surface area contributed by atoms with Crippen molar-refractivity contribution in [2.45, 2.75) is 25.2 Å². The standard InChI is InChI=1S/C12H10N2S/c13-7-6-8-2-1-3-10-11(8)14-12(15-10)9-4-5-9/h1-3,9H,4-6H2. The number of fused-ring (bicyclic) bond motifs is 1. The molecule has 3 rings (SSSR count). The van der Waals surface area contributed by atoms with Gasteiger partial charge in [-0.15, -0.1) is 11.3 Å². The first-order valence-corrected chi connectivity index (χ1v) is 5.95. The van der Waals surface area contributed by atoms with Gasteiger partial charge in [0.05, 0.1) is 27.7 Å². The molecule has 1 aromatic carbocycles. The van der Waals surface area contributed by atoms with Crippen LogP contribution < -0.4 is 0 Å². The fraction of sp³-hybridized carbons (Fsp3) is 0.333. The second kappa shape index (κ2) is 3.32. The normalized spacial score (nSPS) is 15.4. The first-order valence-electron chi connectivity index (χ1n) is 5.14. The van der Waals surface area contributed by atoms with E-state index in [9.17, 15) is 0 Å². The molecule has 0 atom stereocenters. The van der Waals surface area contributed by atoms with Crippen molar-refractivity contribution in [2.24, 2.45) is 0 Å². The van der Waals surface area contributed by atoms with Gasteiger partial charge in [0.15, 0.2) is 0 Å². The number of para-hydroxylation sites is 1. The zero-order valence-electron chi connectivity index (χ0n) is 8.23. The van der Waals surface area contributed by atoms with Crippen LogP contribution in [-0.4, -0.2) is 4.98 Å². The largest absolute Gasteiger partial charge is 0.241 e. The molecule has 1 aliphatic carbocycles. The lowest BCUT2D eigenvalue weighted by Gasteiger charge is -1.94. The molecule has 1 fully saturated rings. The lowest BCUT2D eigenvalue weighted by atomic mass is 10.1. The second-order valence-corrected chi connectivity index (χ2v) is 4.99. The van der Waals surface area contributed by atoms with Crippen molar-refractivity contribution >= 4 is 21.6 Å². The number of hydrogen-bond donors (Lipinski definition) is 0. The van der Waals surface area contributed by atoms with Crippen LogP contribution in [0.2, 0.25) is 0 Å². The average Bonchev–Trinajstić information content (AvgIpc) is 2.99. The van der Waals surface area contributed by atoms with E-state index in [1.807, 2.05) is 12.1 Å². The maximum absolute atomic E-state index is 8.73. The summed E-state index contributed by atoms with van der Waals surface area (Å²) in [6.07, 6.45) is 3.03. The van der Waals surface area contributed by atoms with Gasteiger partial charge in [0.25, 0.3) is 0 Å².